The Morgan fingerprint density at radius 2 is 1.97 bits per heavy atom. The Bertz CT molecular complexity index is 663. The first-order valence-corrected chi connectivity index (χ1v) is 9.82. The highest BCUT2D eigenvalue weighted by Crippen LogP contribution is 2.38. The van der Waals surface area contributed by atoms with Gasteiger partial charge in [-0.05, 0) is 32.4 Å². The van der Waals surface area contributed by atoms with Gasteiger partial charge in [0.1, 0.15) is 5.71 Å². The highest BCUT2D eigenvalue weighted by atomic mass is 19.4. The summed E-state index contributed by atoms with van der Waals surface area (Å²) in [6.45, 7) is 5.06. The van der Waals surface area contributed by atoms with Gasteiger partial charge >= 0.3 is 12.1 Å². The van der Waals surface area contributed by atoms with Crippen LogP contribution < -0.4 is 5.32 Å². The SMILES string of the molecule is CCCCN1CCCC2(CC(C(=O)NC3CC(F)(F)C3)=NO2)C1.O=C(O)C(F)(F)F. The van der Waals surface area contributed by atoms with Gasteiger partial charge in [0, 0.05) is 31.8 Å². The van der Waals surface area contributed by atoms with E-state index in [0.29, 0.717) is 12.1 Å². The van der Waals surface area contributed by atoms with Gasteiger partial charge in [-0.25, -0.2) is 13.6 Å². The van der Waals surface area contributed by atoms with Gasteiger partial charge in [0.05, 0.1) is 0 Å². The van der Waals surface area contributed by atoms with Crippen LogP contribution in [0.2, 0.25) is 0 Å². The van der Waals surface area contributed by atoms with Gasteiger partial charge in [0.2, 0.25) is 0 Å². The predicted molar refractivity (Wildman–Crippen MR) is 96.3 cm³/mol. The number of nitrogens with zero attached hydrogens (tertiary/aromatic N) is 2. The molecule has 0 aromatic rings. The Labute approximate surface area is 170 Å². The van der Waals surface area contributed by atoms with E-state index in [1.54, 1.807) is 0 Å². The van der Waals surface area contributed by atoms with Crippen molar-refractivity contribution < 1.29 is 41.5 Å². The standard InChI is InChI=1S/C16H25F2N3O2.C2HF3O2/c1-2-3-6-21-7-4-5-15(11-21)10-13(20-23-15)14(22)19-12-8-16(17,18)9-12;3-2(4,5)1(6)7/h12H,2-11H2,1H3,(H,19,22);(H,6,7). The first kappa shape index (κ1) is 24.3. The molecule has 2 aliphatic heterocycles. The minimum Gasteiger partial charge on any atom is -0.475 e. The first-order chi connectivity index (χ1) is 13.9. The van der Waals surface area contributed by atoms with E-state index in [2.05, 4.69) is 22.3 Å². The Hall–Kier alpha value is -1.98. The lowest BCUT2D eigenvalue weighted by Gasteiger charge is -2.38. The van der Waals surface area contributed by atoms with E-state index in [1.807, 2.05) is 0 Å². The molecule has 3 aliphatic rings. The molecule has 2 N–H and O–H groups in total. The van der Waals surface area contributed by atoms with Crippen LogP contribution in [0.5, 0.6) is 0 Å². The summed E-state index contributed by atoms with van der Waals surface area (Å²) in [7, 11) is 0. The summed E-state index contributed by atoms with van der Waals surface area (Å²) in [5.74, 6) is -5.74. The van der Waals surface area contributed by atoms with E-state index in [1.165, 1.54) is 0 Å². The van der Waals surface area contributed by atoms with Crippen molar-refractivity contribution in [2.45, 2.75) is 75.6 Å². The first-order valence-electron chi connectivity index (χ1n) is 9.82. The summed E-state index contributed by atoms with van der Waals surface area (Å²) < 4.78 is 57.4. The number of alkyl halides is 5. The molecule has 1 unspecified atom stereocenters. The van der Waals surface area contributed by atoms with Gasteiger partial charge in [-0.15, -0.1) is 0 Å². The van der Waals surface area contributed by atoms with Crippen LogP contribution in [0.3, 0.4) is 0 Å². The van der Waals surface area contributed by atoms with Gasteiger partial charge in [-0.3, -0.25) is 9.69 Å². The van der Waals surface area contributed by atoms with Gasteiger partial charge in [-0.1, -0.05) is 18.5 Å². The molecule has 0 radical (unpaired) electrons. The van der Waals surface area contributed by atoms with Crippen molar-refractivity contribution in [1.82, 2.24) is 10.2 Å². The Morgan fingerprint density at radius 1 is 1.33 bits per heavy atom. The maximum Gasteiger partial charge on any atom is 0.490 e. The monoisotopic (exact) mass is 443 g/mol. The molecule has 1 aliphatic carbocycles. The van der Waals surface area contributed by atoms with Gasteiger partial charge < -0.3 is 15.3 Å². The number of nitrogens with one attached hydrogen (secondary N) is 1. The normalized spacial score (nSPS) is 26.1. The van der Waals surface area contributed by atoms with Crippen LogP contribution in [0.15, 0.2) is 5.16 Å². The minimum atomic E-state index is -5.08. The number of hydrogen-bond acceptors (Lipinski definition) is 5. The molecule has 0 aromatic heterocycles. The van der Waals surface area contributed by atoms with Crippen LogP contribution in [0.25, 0.3) is 0 Å². The third kappa shape index (κ3) is 6.78. The molecule has 1 spiro atoms. The van der Waals surface area contributed by atoms with Crippen molar-refractivity contribution >= 4 is 17.6 Å². The van der Waals surface area contributed by atoms with Gasteiger partial charge in [0.15, 0.2) is 5.60 Å². The van der Waals surface area contributed by atoms with Crippen molar-refractivity contribution in [3.8, 4) is 0 Å². The van der Waals surface area contributed by atoms with Crippen molar-refractivity contribution in [2.24, 2.45) is 5.16 Å². The number of oxime groups is 1. The van der Waals surface area contributed by atoms with E-state index < -0.39 is 29.7 Å². The summed E-state index contributed by atoms with van der Waals surface area (Å²) in [6.07, 6.45) is -0.933. The average molecular weight is 443 g/mol. The fourth-order valence-electron chi connectivity index (χ4n) is 3.66. The average Bonchev–Trinajstić information content (AvgIpc) is 3.01. The molecule has 12 heteroatoms. The molecule has 0 aromatic carbocycles. The highest BCUT2D eigenvalue weighted by Gasteiger charge is 2.48. The number of likely N-dealkylation sites (tertiary alicyclic amines) is 1. The second-order valence-electron chi connectivity index (χ2n) is 7.96. The molecular formula is C18H26F5N3O4. The molecule has 2 heterocycles. The molecule has 1 saturated carbocycles. The van der Waals surface area contributed by atoms with Crippen LogP contribution in [-0.2, 0) is 14.4 Å². The maximum absolute atomic E-state index is 12.8. The summed E-state index contributed by atoms with van der Waals surface area (Å²) in [6, 6.07) is -0.441. The number of rotatable bonds is 5. The number of aliphatic carboxylic acids is 1. The number of unbranched alkanes of at least 4 members (excludes halogenated alkanes) is 1. The summed E-state index contributed by atoms with van der Waals surface area (Å²) in [5, 5.41) is 13.7. The summed E-state index contributed by atoms with van der Waals surface area (Å²) >= 11 is 0. The lowest BCUT2D eigenvalue weighted by atomic mass is 9.86. The van der Waals surface area contributed by atoms with Crippen molar-refractivity contribution in [3.63, 3.8) is 0 Å². The second-order valence-corrected chi connectivity index (χ2v) is 7.96. The maximum atomic E-state index is 12.8. The number of amides is 1. The van der Waals surface area contributed by atoms with Crippen LogP contribution in [0.4, 0.5) is 22.0 Å². The van der Waals surface area contributed by atoms with Crippen molar-refractivity contribution in [2.75, 3.05) is 19.6 Å². The molecule has 0 bridgehead atoms. The Kier molecular flexibility index (Phi) is 7.64. The van der Waals surface area contributed by atoms with Crippen LogP contribution in [0.1, 0.15) is 51.9 Å². The third-order valence-electron chi connectivity index (χ3n) is 5.22. The van der Waals surface area contributed by atoms with E-state index in [-0.39, 0.29) is 18.7 Å². The lowest BCUT2D eigenvalue weighted by Crippen LogP contribution is -2.53. The quantitative estimate of drug-likeness (QED) is 0.638. The smallest absolute Gasteiger partial charge is 0.475 e. The van der Waals surface area contributed by atoms with Gasteiger partial charge in [0.25, 0.3) is 11.8 Å². The fourth-order valence-corrected chi connectivity index (χ4v) is 3.66. The second kappa shape index (κ2) is 9.44. The van der Waals surface area contributed by atoms with E-state index in [4.69, 9.17) is 14.7 Å². The molecule has 30 heavy (non-hydrogen) atoms. The van der Waals surface area contributed by atoms with Crippen molar-refractivity contribution in [3.05, 3.63) is 0 Å². The summed E-state index contributed by atoms with van der Waals surface area (Å²) in [5.41, 5.74) is -0.0556. The number of halogens is 5. The molecule has 1 amide bonds. The van der Waals surface area contributed by atoms with E-state index in [9.17, 15) is 26.7 Å². The van der Waals surface area contributed by atoms with Crippen LogP contribution in [0, 0.1) is 0 Å². The number of carboxylic acid groups (broad SMARTS) is 1. The molecule has 3 rings (SSSR count). The Morgan fingerprint density at radius 3 is 2.50 bits per heavy atom. The van der Waals surface area contributed by atoms with Gasteiger partial charge in [-0.2, -0.15) is 13.2 Å². The third-order valence-corrected chi connectivity index (χ3v) is 5.22. The number of carbonyl (C=O) groups is 2. The summed E-state index contributed by atoms with van der Waals surface area (Å²) in [4.78, 5) is 29.1. The predicted octanol–water partition coefficient (Wildman–Crippen LogP) is 2.94. The zero-order chi connectivity index (χ0) is 22.6. The highest BCUT2D eigenvalue weighted by molar-refractivity contribution is 6.39. The molecule has 2 fully saturated rings. The number of carbonyl (C=O) groups excluding carboxylic acids is 1. The van der Waals surface area contributed by atoms with Crippen molar-refractivity contribution in [1.29, 1.82) is 0 Å². The van der Waals surface area contributed by atoms with Crippen LogP contribution >= 0.6 is 0 Å². The topological polar surface area (TPSA) is 91.2 Å². The molecule has 1 saturated heterocycles. The van der Waals surface area contributed by atoms with E-state index >= 15 is 0 Å². The lowest BCUT2D eigenvalue weighted by molar-refractivity contribution is -0.192. The molecular weight excluding hydrogens is 417 g/mol. The zero-order valence-corrected chi connectivity index (χ0v) is 16.6. The number of hydrogen-bond donors (Lipinski definition) is 2. The number of piperidine rings is 1. The fraction of sp³-hybridized carbons (Fsp3) is 0.833. The molecule has 1 atom stereocenters. The number of carboxylic acids is 1. The molecule has 172 valence electrons. The van der Waals surface area contributed by atoms with Crippen LogP contribution in [-0.4, -0.2) is 71.0 Å². The minimum absolute atomic E-state index is 0.275. The largest absolute Gasteiger partial charge is 0.490 e. The zero-order valence-electron chi connectivity index (χ0n) is 16.6. The Balaban J connectivity index is 0.000000396. The van der Waals surface area contributed by atoms with E-state index in [0.717, 1.165) is 45.3 Å². The molecule has 7 nitrogen and oxygen atoms in total.